The van der Waals surface area contributed by atoms with E-state index in [4.69, 9.17) is 13.9 Å². The Labute approximate surface area is 200 Å². The first kappa shape index (κ1) is 23.2. The number of nitrogens with zero attached hydrogens (tertiary/aromatic N) is 1. The summed E-state index contributed by atoms with van der Waals surface area (Å²) in [5, 5.41) is 2.29. The Balaban J connectivity index is 1.40. The molecule has 2 N–H and O–H groups in total. The topological polar surface area (TPSA) is 103 Å². The molecule has 0 unspecified atom stereocenters. The predicted octanol–water partition coefficient (Wildman–Crippen LogP) is 5.22. The van der Waals surface area contributed by atoms with Gasteiger partial charge >= 0.3 is 6.03 Å². The molecule has 0 saturated carbocycles. The minimum absolute atomic E-state index is 0.266. The van der Waals surface area contributed by atoms with Gasteiger partial charge < -0.3 is 13.9 Å². The number of benzene rings is 3. The molecule has 3 amide bonds. The van der Waals surface area contributed by atoms with Gasteiger partial charge in [0.05, 0.1) is 14.2 Å². The fourth-order valence-corrected chi connectivity index (χ4v) is 3.89. The van der Waals surface area contributed by atoms with Crippen LogP contribution in [-0.4, -0.2) is 31.1 Å². The van der Waals surface area contributed by atoms with Crippen molar-refractivity contribution in [3.05, 3.63) is 71.8 Å². The van der Waals surface area contributed by atoms with E-state index < -0.39 is 11.9 Å². The zero-order valence-corrected chi connectivity index (χ0v) is 19.7. The van der Waals surface area contributed by atoms with E-state index >= 15 is 0 Å². The van der Waals surface area contributed by atoms with E-state index in [0.29, 0.717) is 17.4 Å². The highest BCUT2D eigenvalue weighted by Gasteiger charge is 2.14. The van der Waals surface area contributed by atoms with Crippen LogP contribution in [0.15, 0.2) is 70.0 Å². The van der Waals surface area contributed by atoms with Gasteiger partial charge in [-0.1, -0.05) is 19.1 Å². The Hall–Kier alpha value is -3.98. The fraction of sp³-hybridized carbons (Fsp3) is 0.160. The first-order valence-corrected chi connectivity index (χ1v) is 11.3. The molecule has 0 fully saturated rings. The van der Waals surface area contributed by atoms with Crippen LogP contribution in [0.5, 0.6) is 11.5 Å². The Morgan fingerprint density at radius 1 is 1.00 bits per heavy atom. The van der Waals surface area contributed by atoms with Gasteiger partial charge in [-0.2, -0.15) is 0 Å². The zero-order valence-electron chi connectivity index (χ0n) is 18.9. The van der Waals surface area contributed by atoms with E-state index in [2.05, 4.69) is 21.9 Å². The summed E-state index contributed by atoms with van der Waals surface area (Å²) in [5.41, 5.74) is 3.76. The molecule has 0 saturated heterocycles. The minimum atomic E-state index is -0.649. The highest BCUT2D eigenvalue weighted by Crippen LogP contribution is 2.29. The van der Waals surface area contributed by atoms with Crippen molar-refractivity contribution >= 4 is 35.0 Å². The van der Waals surface area contributed by atoms with Gasteiger partial charge in [0.1, 0.15) is 5.52 Å². The monoisotopic (exact) mass is 477 g/mol. The largest absolute Gasteiger partial charge is 0.493 e. The van der Waals surface area contributed by atoms with Crippen molar-refractivity contribution in [2.45, 2.75) is 18.2 Å². The van der Waals surface area contributed by atoms with Crippen molar-refractivity contribution in [1.29, 1.82) is 0 Å². The number of ether oxygens (including phenoxy) is 2. The number of hydrogen-bond acceptors (Lipinski definition) is 7. The van der Waals surface area contributed by atoms with Gasteiger partial charge in [0.25, 0.3) is 5.91 Å². The number of carbonyl (C=O) groups excluding carboxylic acids is 2. The summed E-state index contributed by atoms with van der Waals surface area (Å²) in [5.74, 6) is 0.820. The van der Waals surface area contributed by atoms with E-state index in [1.54, 1.807) is 12.1 Å². The number of carbonyl (C=O) groups is 2. The van der Waals surface area contributed by atoms with Crippen molar-refractivity contribution in [2.75, 3.05) is 14.2 Å². The van der Waals surface area contributed by atoms with Crippen LogP contribution in [0.2, 0.25) is 0 Å². The van der Waals surface area contributed by atoms with Crippen molar-refractivity contribution in [3.63, 3.8) is 0 Å². The second-order valence-corrected chi connectivity index (χ2v) is 8.14. The summed E-state index contributed by atoms with van der Waals surface area (Å²) in [6.45, 7) is 2.09. The maximum absolute atomic E-state index is 12.4. The Bertz CT molecular complexity index is 1350. The number of oxazole rings is 1. The lowest BCUT2D eigenvalue weighted by Gasteiger charge is -2.10. The molecule has 0 spiro atoms. The van der Waals surface area contributed by atoms with Crippen LogP contribution in [0.3, 0.4) is 0 Å². The zero-order chi connectivity index (χ0) is 24.1. The molecule has 0 bridgehead atoms. The highest BCUT2D eigenvalue weighted by molar-refractivity contribution is 7.98. The predicted molar refractivity (Wildman–Crippen MR) is 130 cm³/mol. The molecule has 174 valence electrons. The molecule has 1 heterocycles. The molecule has 0 aliphatic heterocycles. The third-order valence-electron chi connectivity index (χ3n) is 5.08. The van der Waals surface area contributed by atoms with Gasteiger partial charge in [-0.15, -0.1) is 0 Å². The molecule has 9 heteroatoms. The summed E-state index contributed by atoms with van der Waals surface area (Å²) in [6.07, 6.45) is 0.923. The van der Waals surface area contributed by atoms with Crippen LogP contribution in [0, 0.1) is 0 Å². The SMILES string of the molecule is CCc1ccc2oc(-c3cccc(SNC(=O)NC(=O)c4ccc(OC)c(OC)c4)c3)nc2c1. The molecular formula is C25H23N3O5S. The number of imide groups is 1. The van der Waals surface area contributed by atoms with E-state index in [0.717, 1.165) is 39.9 Å². The summed E-state index contributed by atoms with van der Waals surface area (Å²) in [4.78, 5) is 30.0. The summed E-state index contributed by atoms with van der Waals surface area (Å²) < 4.78 is 18.8. The maximum atomic E-state index is 12.4. The smallest absolute Gasteiger partial charge is 0.331 e. The molecule has 0 atom stereocenters. The van der Waals surface area contributed by atoms with Gasteiger partial charge in [-0.25, -0.2) is 9.78 Å². The molecule has 0 aliphatic rings. The molecule has 8 nitrogen and oxygen atoms in total. The van der Waals surface area contributed by atoms with Crippen LogP contribution in [-0.2, 0) is 6.42 Å². The fourth-order valence-electron chi connectivity index (χ4n) is 3.29. The van der Waals surface area contributed by atoms with Crippen molar-refractivity contribution in [3.8, 4) is 23.0 Å². The lowest BCUT2D eigenvalue weighted by molar-refractivity contribution is 0.0965. The Kier molecular flexibility index (Phi) is 7.03. The Morgan fingerprint density at radius 2 is 1.82 bits per heavy atom. The molecular weight excluding hydrogens is 454 g/mol. The molecule has 3 aromatic carbocycles. The number of aromatic nitrogens is 1. The number of nitrogens with one attached hydrogen (secondary N) is 2. The summed E-state index contributed by atoms with van der Waals surface area (Å²) >= 11 is 1.07. The number of urea groups is 1. The average molecular weight is 478 g/mol. The summed E-state index contributed by atoms with van der Waals surface area (Å²) in [6, 6.07) is 17.4. The molecule has 0 aliphatic carbocycles. The van der Waals surface area contributed by atoms with Gasteiger partial charge in [-0.05, 0) is 72.5 Å². The molecule has 4 rings (SSSR count). The molecule has 4 aromatic rings. The Morgan fingerprint density at radius 3 is 2.59 bits per heavy atom. The first-order valence-electron chi connectivity index (χ1n) is 10.5. The number of aryl methyl sites for hydroxylation is 1. The van der Waals surface area contributed by atoms with Crippen molar-refractivity contribution in [1.82, 2.24) is 15.0 Å². The lowest BCUT2D eigenvalue weighted by Crippen LogP contribution is -2.36. The van der Waals surface area contributed by atoms with Crippen LogP contribution in [0.1, 0.15) is 22.8 Å². The van der Waals surface area contributed by atoms with Crippen LogP contribution >= 0.6 is 11.9 Å². The third kappa shape index (κ3) is 5.15. The summed E-state index contributed by atoms with van der Waals surface area (Å²) in [7, 11) is 2.98. The van der Waals surface area contributed by atoms with Crippen molar-refractivity contribution in [2.24, 2.45) is 0 Å². The van der Waals surface area contributed by atoms with Gasteiger partial charge in [0.15, 0.2) is 17.1 Å². The van der Waals surface area contributed by atoms with Gasteiger partial charge in [0.2, 0.25) is 5.89 Å². The number of fused-ring (bicyclic) bond motifs is 1. The van der Waals surface area contributed by atoms with E-state index in [-0.39, 0.29) is 5.56 Å². The number of amides is 3. The standard InChI is InChI=1S/C25H23N3O5S/c1-4-15-8-10-20-19(12-15)26-24(33-20)17-6-5-7-18(13-17)34-28-25(30)27-23(29)16-9-11-21(31-2)22(14-16)32-3/h5-14H,4H2,1-3H3,(H2,27,28,29,30). The van der Waals surface area contributed by atoms with Crippen LogP contribution < -0.4 is 19.5 Å². The van der Waals surface area contributed by atoms with E-state index in [9.17, 15) is 9.59 Å². The van der Waals surface area contributed by atoms with Crippen molar-refractivity contribution < 1.29 is 23.5 Å². The second kappa shape index (κ2) is 10.3. The van der Waals surface area contributed by atoms with Crippen LogP contribution in [0.25, 0.3) is 22.6 Å². The van der Waals surface area contributed by atoms with E-state index in [1.165, 1.54) is 25.8 Å². The molecule has 0 radical (unpaired) electrons. The minimum Gasteiger partial charge on any atom is -0.493 e. The average Bonchev–Trinajstić information content (AvgIpc) is 3.30. The number of methoxy groups -OCH3 is 2. The number of rotatable bonds is 7. The quantitative estimate of drug-likeness (QED) is 0.352. The van der Waals surface area contributed by atoms with Gasteiger partial charge in [-0.3, -0.25) is 14.8 Å². The van der Waals surface area contributed by atoms with Crippen LogP contribution in [0.4, 0.5) is 4.79 Å². The first-order chi connectivity index (χ1) is 16.5. The second-order valence-electron chi connectivity index (χ2n) is 7.26. The highest BCUT2D eigenvalue weighted by atomic mass is 32.2. The molecule has 34 heavy (non-hydrogen) atoms. The lowest BCUT2D eigenvalue weighted by atomic mass is 10.1. The van der Waals surface area contributed by atoms with Gasteiger partial charge in [0, 0.05) is 16.0 Å². The normalized spacial score (nSPS) is 10.7. The van der Waals surface area contributed by atoms with E-state index in [1.807, 2.05) is 42.5 Å². The third-order valence-corrected chi connectivity index (χ3v) is 5.85. The number of hydrogen-bond donors (Lipinski definition) is 2. The maximum Gasteiger partial charge on any atom is 0.331 e. The molecule has 1 aromatic heterocycles.